The summed E-state index contributed by atoms with van der Waals surface area (Å²) in [6, 6.07) is 1.97. The molecule has 0 amide bonds. The van der Waals surface area contributed by atoms with Crippen molar-refractivity contribution in [3.63, 3.8) is 0 Å². The molecule has 0 aromatic heterocycles. The maximum Gasteiger partial charge on any atom is 0.323 e. The third kappa shape index (κ3) is 4.63. The molecule has 2 unspecified atom stereocenters. The lowest BCUT2D eigenvalue weighted by Crippen LogP contribution is -2.44. The monoisotopic (exact) mass is 226 g/mol. The summed E-state index contributed by atoms with van der Waals surface area (Å²) in [5.41, 5.74) is 0. The second-order valence-electron chi connectivity index (χ2n) is 3.93. The number of likely N-dealkylation sites (N-methyl/N-ethyl adjacent to an activating group) is 1. The molecule has 92 valence electrons. The minimum Gasteiger partial charge on any atom is -0.465 e. The van der Waals surface area contributed by atoms with Gasteiger partial charge in [0.25, 0.3) is 0 Å². The molecule has 0 aromatic carbocycles. The number of carbonyl (C=O) groups is 1. The van der Waals surface area contributed by atoms with Gasteiger partial charge in [0.2, 0.25) is 0 Å². The molecule has 0 fully saturated rings. The molecule has 0 spiro atoms. The predicted octanol–water partition coefficient (Wildman–Crippen LogP) is 1.95. The fourth-order valence-corrected chi connectivity index (χ4v) is 1.58. The van der Waals surface area contributed by atoms with Crippen molar-refractivity contribution in [2.75, 3.05) is 13.7 Å². The van der Waals surface area contributed by atoms with Crippen LogP contribution < -0.4 is 0 Å². The highest BCUT2D eigenvalue weighted by Gasteiger charge is 2.26. The number of nitriles is 1. The largest absolute Gasteiger partial charge is 0.465 e. The van der Waals surface area contributed by atoms with Gasteiger partial charge >= 0.3 is 5.97 Å². The molecule has 0 rings (SSSR count). The van der Waals surface area contributed by atoms with Crippen molar-refractivity contribution in [3.05, 3.63) is 0 Å². The molecule has 0 N–H and O–H groups in total. The van der Waals surface area contributed by atoms with Crippen molar-refractivity contribution in [3.8, 4) is 6.07 Å². The summed E-state index contributed by atoms with van der Waals surface area (Å²) in [5, 5.41) is 8.65. The lowest BCUT2D eigenvalue weighted by molar-refractivity contribution is -0.150. The number of ether oxygens (including phenoxy) is 1. The molecular formula is C12H22N2O2. The summed E-state index contributed by atoms with van der Waals surface area (Å²) in [6.45, 7) is 6.19. The summed E-state index contributed by atoms with van der Waals surface area (Å²) in [4.78, 5) is 13.7. The van der Waals surface area contributed by atoms with E-state index >= 15 is 0 Å². The molecule has 0 aliphatic heterocycles. The quantitative estimate of drug-likeness (QED) is 0.623. The molecule has 0 bridgehead atoms. The SMILES string of the molecule is CCCC(C(=O)OCC)N(C)C(C)CC#N. The van der Waals surface area contributed by atoms with Crippen molar-refractivity contribution in [1.29, 1.82) is 5.26 Å². The molecule has 0 aromatic rings. The van der Waals surface area contributed by atoms with Crippen LogP contribution in [0.2, 0.25) is 0 Å². The normalized spacial score (nSPS) is 14.2. The summed E-state index contributed by atoms with van der Waals surface area (Å²) in [6.07, 6.45) is 2.12. The van der Waals surface area contributed by atoms with Crippen molar-refractivity contribution >= 4 is 5.97 Å². The molecule has 0 heterocycles. The Balaban J connectivity index is 4.51. The van der Waals surface area contributed by atoms with Crippen LogP contribution in [0.5, 0.6) is 0 Å². The van der Waals surface area contributed by atoms with E-state index in [2.05, 4.69) is 6.07 Å². The van der Waals surface area contributed by atoms with Crippen LogP contribution in [0.4, 0.5) is 0 Å². The van der Waals surface area contributed by atoms with Crippen molar-refractivity contribution in [2.45, 2.75) is 52.1 Å². The van der Waals surface area contributed by atoms with Crippen molar-refractivity contribution in [1.82, 2.24) is 4.90 Å². The van der Waals surface area contributed by atoms with E-state index in [9.17, 15) is 4.79 Å². The van der Waals surface area contributed by atoms with E-state index in [1.165, 1.54) is 0 Å². The number of hydrogen-bond donors (Lipinski definition) is 0. The Bertz CT molecular complexity index is 248. The third-order valence-electron chi connectivity index (χ3n) is 2.69. The summed E-state index contributed by atoms with van der Waals surface area (Å²) >= 11 is 0. The first-order valence-corrected chi connectivity index (χ1v) is 5.83. The third-order valence-corrected chi connectivity index (χ3v) is 2.69. The molecule has 0 aliphatic carbocycles. The highest BCUT2D eigenvalue weighted by Crippen LogP contribution is 2.12. The second kappa shape index (κ2) is 8.12. The number of rotatable bonds is 7. The Morgan fingerprint density at radius 2 is 2.12 bits per heavy atom. The fraction of sp³-hybridized carbons (Fsp3) is 0.833. The minimum absolute atomic E-state index is 0.0750. The average Bonchev–Trinajstić information content (AvgIpc) is 2.25. The van der Waals surface area contributed by atoms with Gasteiger partial charge in [-0.2, -0.15) is 5.26 Å². The Kier molecular flexibility index (Phi) is 7.57. The molecule has 4 nitrogen and oxygen atoms in total. The number of hydrogen-bond acceptors (Lipinski definition) is 4. The Morgan fingerprint density at radius 1 is 1.50 bits per heavy atom. The first-order valence-electron chi connectivity index (χ1n) is 5.83. The van der Waals surface area contributed by atoms with Crippen LogP contribution in [0.3, 0.4) is 0 Å². The number of esters is 1. The van der Waals surface area contributed by atoms with Gasteiger partial charge in [0, 0.05) is 6.04 Å². The highest BCUT2D eigenvalue weighted by molar-refractivity contribution is 5.75. The molecule has 4 heteroatoms. The lowest BCUT2D eigenvalue weighted by atomic mass is 10.1. The van der Waals surface area contributed by atoms with Gasteiger partial charge in [-0.15, -0.1) is 0 Å². The van der Waals surface area contributed by atoms with Gasteiger partial charge in [-0.1, -0.05) is 13.3 Å². The van der Waals surface area contributed by atoms with Crippen molar-refractivity contribution < 1.29 is 9.53 Å². The summed E-state index contributed by atoms with van der Waals surface area (Å²) in [7, 11) is 1.87. The van der Waals surface area contributed by atoms with E-state index in [4.69, 9.17) is 10.00 Å². The first-order chi connectivity index (χ1) is 7.58. The van der Waals surface area contributed by atoms with E-state index in [1.54, 1.807) is 6.92 Å². The van der Waals surface area contributed by atoms with Crippen LogP contribution in [0, 0.1) is 11.3 Å². The Labute approximate surface area is 98.2 Å². The van der Waals surface area contributed by atoms with Gasteiger partial charge in [0.1, 0.15) is 6.04 Å². The van der Waals surface area contributed by atoms with Gasteiger partial charge in [0.05, 0.1) is 19.1 Å². The van der Waals surface area contributed by atoms with E-state index in [1.807, 2.05) is 25.8 Å². The zero-order valence-corrected chi connectivity index (χ0v) is 10.7. The second-order valence-corrected chi connectivity index (χ2v) is 3.93. The van der Waals surface area contributed by atoms with E-state index in [-0.39, 0.29) is 18.1 Å². The molecule has 0 aliphatic rings. The molecule has 0 saturated heterocycles. The van der Waals surface area contributed by atoms with Crippen molar-refractivity contribution in [2.24, 2.45) is 0 Å². The molecule has 0 saturated carbocycles. The van der Waals surface area contributed by atoms with Gasteiger partial charge in [-0.05, 0) is 27.3 Å². The predicted molar refractivity (Wildman–Crippen MR) is 62.8 cm³/mol. The van der Waals surface area contributed by atoms with E-state index in [0.717, 1.165) is 12.8 Å². The van der Waals surface area contributed by atoms with Gasteiger partial charge in [0.15, 0.2) is 0 Å². The molecule has 2 atom stereocenters. The van der Waals surface area contributed by atoms with Crippen LogP contribution in [0.1, 0.15) is 40.0 Å². The molecule has 16 heavy (non-hydrogen) atoms. The first kappa shape index (κ1) is 14.9. The van der Waals surface area contributed by atoms with E-state index in [0.29, 0.717) is 13.0 Å². The fourth-order valence-electron chi connectivity index (χ4n) is 1.58. The van der Waals surface area contributed by atoms with Gasteiger partial charge in [-0.3, -0.25) is 9.69 Å². The molecular weight excluding hydrogens is 204 g/mol. The smallest absolute Gasteiger partial charge is 0.323 e. The molecule has 0 radical (unpaired) electrons. The maximum absolute atomic E-state index is 11.7. The lowest BCUT2D eigenvalue weighted by Gasteiger charge is -2.30. The van der Waals surface area contributed by atoms with E-state index < -0.39 is 0 Å². The number of carbonyl (C=O) groups excluding carboxylic acids is 1. The maximum atomic E-state index is 11.7. The van der Waals surface area contributed by atoms with Crippen LogP contribution in [-0.4, -0.2) is 36.6 Å². The Morgan fingerprint density at radius 3 is 2.56 bits per heavy atom. The van der Waals surface area contributed by atoms with Crippen LogP contribution in [-0.2, 0) is 9.53 Å². The van der Waals surface area contributed by atoms with Gasteiger partial charge in [-0.25, -0.2) is 0 Å². The standard InChI is InChI=1S/C12H22N2O2/c1-5-7-11(12(15)16-6-2)14(4)10(3)8-9-13/h10-11H,5-8H2,1-4H3. The van der Waals surface area contributed by atoms with Crippen LogP contribution in [0.15, 0.2) is 0 Å². The zero-order valence-electron chi connectivity index (χ0n) is 10.7. The minimum atomic E-state index is -0.228. The highest BCUT2D eigenvalue weighted by atomic mass is 16.5. The summed E-state index contributed by atoms with van der Waals surface area (Å²) < 4.78 is 5.04. The Hall–Kier alpha value is -1.08. The average molecular weight is 226 g/mol. The number of nitrogens with zero attached hydrogens (tertiary/aromatic N) is 2. The topological polar surface area (TPSA) is 53.3 Å². The van der Waals surface area contributed by atoms with Crippen LogP contribution >= 0.6 is 0 Å². The van der Waals surface area contributed by atoms with Crippen LogP contribution in [0.25, 0.3) is 0 Å². The van der Waals surface area contributed by atoms with Gasteiger partial charge < -0.3 is 4.74 Å². The summed E-state index contributed by atoms with van der Waals surface area (Å²) in [5.74, 6) is -0.184. The zero-order chi connectivity index (χ0) is 12.6.